The molecule has 9 heteroatoms. The Bertz CT molecular complexity index is 613. The van der Waals surface area contributed by atoms with E-state index in [1.807, 2.05) is 0 Å². The van der Waals surface area contributed by atoms with Crippen LogP contribution < -0.4 is 0 Å². The van der Waals surface area contributed by atoms with Crippen molar-refractivity contribution in [3.63, 3.8) is 0 Å². The number of hydrogen-bond acceptors (Lipinski definition) is 6. The van der Waals surface area contributed by atoms with Crippen LogP contribution in [0.25, 0.3) is 0 Å². The highest BCUT2D eigenvalue weighted by Crippen LogP contribution is 2.43. The van der Waals surface area contributed by atoms with E-state index < -0.39 is 19.9 Å². The summed E-state index contributed by atoms with van der Waals surface area (Å²) in [5.74, 6) is -0.478. The van der Waals surface area contributed by atoms with Crippen LogP contribution in [0.4, 0.5) is 0 Å². The van der Waals surface area contributed by atoms with Crippen molar-refractivity contribution < 1.29 is 37.3 Å². The number of nitrogens with zero attached hydrogens (tertiary/aromatic N) is 1. The van der Waals surface area contributed by atoms with Gasteiger partial charge in [0.1, 0.15) is 19.3 Å². The number of unbranched alkanes of at least 4 members (excludes halogenated alkanes) is 13. The number of likely N-dealkylation sites (N-methyl/N-ethyl adjacent to an activating group) is 1. The topological polar surface area (TPSA) is 91.3 Å². The standard InChI is InChI=1S/C28H56NO7P/c1-4-5-6-7-8-9-10-11-12-13-14-15-16-19-23-33-25-28(36-27(2)30)26-35-37(31,32)34-24-22-29(3)20-17-18-21-29/h28H,4-26H2,1-3H3/p+1. The van der Waals surface area contributed by atoms with E-state index in [1.54, 1.807) is 0 Å². The molecule has 1 aliphatic rings. The van der Waals surface area contributed by atoms with Crippen molar-refractivity contribution in [2.75, 3.05) is 53.1 Å². The van der Waals surface area contributed by atoms with Crippen molar-refractivity contribution in [1.82, 2.24) is 0 Å². The zero-order chi connectivity index (χ0) is 27.2. The molecule has 1 saturated heterocycles. The maximum atomic E-state index is 12.2. The van der Waals surface area contributed by atoms with Crippen LogP contribution in [0, 0.1) is 0 Å². The summed E-state index contributed by atoms with van der Waals surface area (Å²) < 4.78 is 34.2. The van der Waals surface area contributed by atoms with Crippen molar-refractivity contribution in [2.24, 2.45) is 0 Å². The second-order valence-corrected chi connectivity index (χ2v) is 12.5. The average Bonchev–Trinajstić information content (AvgIpc) is 3.28. The van der Waals surface area contributed by atoms with Gasteiger partial charge in [-0.3, -0.25) is 13.8 Å². The molecule has 37 heavy (non-hydrogen) atoms. The van der Waals surface area contributed by atoms with E-state index >= 15 is 0 Å². The molecule has 2 unspecified atom stereocenters. The summed E-state index contributed by atoms with van der Waals surface area (Å²) in [7, 11) is -2.08. The fourth-order valence-electron chi connectivity index (χ4n) is 4.88. The van der Waals surface area contributed by atoms with Crippen molar-refractivity contribution in [3.05, 3.63) is 0 Å². The van der Waals surface area contributed by atoms with Crippen molar-refractivity contribution in [1.29, 1.82) is 0 Å². The van der Waals surface area contributed by atoms with Crippen LogP contribution >= 0.6 is 7.82 Å². The largest absolute Gasteiger partial charge is 0.472 e. The van der Waals surface area contributed by atoms with Crippen molar-refractivity contribution in [3.8, 4) is 0 Å². The third-order valence-corrected chi connectivity index (χ3v) is 8.22. The maximum Gasteiger partial charge on any atom is 0.472 e. The molecule has 220 valence electrons. The molecule has 0 aromatic carbocycles. The minimum absolute atomic E-state index is 0.132. The van der Waals surface area contributed by atoms with E-state index in [4.69, 9.17) is 18.5 Å². The molecular weight excluding hydrogens is 493 g/mol. The Kier molecular flexibility index (Phi) is 19.9. The van der Waals surface area contributed by atoms with E-state index in [-0.39, 0.29) is 19.8 Å². The van der Waals surface area contributed by atoms with Crippen LogP contribution in [-0.2, 0) is 27.9 Å². The zero-order valence-corrected chi connectivity index (χ0v) is 25.0. The number of rotatable bonds is 25. The van der Waals surface area contributed by atoms with E-state index in [0.29, 0.717) is 13.2 Å². The number of likely N-dealkylation sites (tertiary alicyclic amines) is 1. The zero-order valence-electron chi connectivity index (χ0n) is 24.1. The van der Waals surface area contributed by atoms with Gasteiger partial charge >= 0.3 is 13.8 Å². The van der Waals surface area contributed by atoms with Gasteiger partial charge in [-0.05, 0) is 6.42 Å². The molecule has 2 atom stereocenters. The molecule has 0 saturated carbocycles. The minimum atomic E-state index is -4.21. The average molecular weight is 551 g/mol. The van der Waals surface area contributed by atoms with Crippen LogP contribution in [0.2, 0.25) is 0 Å². The lowest BCUT2D eigenvalue weighted by molar-refractivity contribution is -0.897. The van der Waals surface area contributed by atoms with Crippen molar-refractivity contribution >= 4 is 13.8 Å². The number of phosphoric acid groups is 1. The molecule has 1 fully saturated rings. The maximum absolute atomic E-state index is 12.2. The Morgan fingerprint density at radius 2 is 1.32 bits per heavy atom. The number of phosphoric ester groups is 1. The molecule has 8 nitrogen and oxygen atoms in total. The van der Waals surface area contributed by atoms with Gasteiger partial charge < -0.3 is 18.9 Å². The first-order valence-electron chi connectivity index (χ1n) is 15.0. The van der Waals surface area contributed by atoms with Gasteiger partial charge in [-0.15, -0.1) is 0 Å². The number of quaternary nitrogens is 1. The van der Waals surface area contributed by atoms with Gasteiger partial charge in [0.15, 0.2) is 0 Å². The first-order chi connectivity index (χ1) is 17.8. The van der Waals surface area contributed by atoms with Crippen LogP contribution in [-0.4, -0.2) is 74.6 Å². The number of carbonyl (C=O) groups is 1. The Labute approximate surface area is 227 Å². The number of hydrogen-bond donors (Lipinski definition) is 1. The summed E-state index contributed by atoms with van der Waals surface area (Å²) in [5.41, 5.74) is 0. The van der Waals surface area contributed by atoms with Crippen LogP contribution in [0.3, 0.4) is 0 Å². The highest BCUT2D eigenvalue weighted by molar-refractivity contribution is 7.47. The number of esters is 1. The molecule has 1 heterocycles. The molecule has 0 radical (unpaired) electrons. The summed E-state index contributed by atoms with van der Waals surface area (Å²) in [6.45, 7) is 6.97. The second kappa shape index (κ2) is 21.3. The van der Waals surface area contributed by atoms with Gasteiger partial charge in [-0.25, -0.2) is 4.57 Å². The molecule has 1 rings (SSSR count). The molecular formula is C28H57NO7P+. The Morgan fingerprint density at radius 1 is 0.811 bits per heavy atom. The summed E-state index contributed by atoms with van der Waals surface area (Å²) >= 11 is 0. The Balaban J connectivity index is 2.04. The lowest BCUT2D eigenvalue weighted by atomic mass is 10.0. The van der Waals surface area contributed by atoms with Gasteiger partial charge in [-0.1, -0.05) is 90.4 Å². The summed E-state index contributed by atoms with van der Waals surface area (Å²) in [5, 5.41) is 0. The lowest BCUT2D eigenvalue weighted by Crippen LogP contribution is -2.43. The summed E-state index contributed by atoms with van der Waals surface area (Å²) in [4.78, 5) is 21.4. The van der Waals surface area contributed by atoms with E-state index in [0.717, 1.165) is 30.4 Å². The molecule has 0 aromatic heterocycles. The van der Waals surface area contributed by atoms with Gasteiger partial charge in [0, 0.05) is 26.4 Å². The second-order valence-electron chi connectivity index (χ2n) is 11.0. The normalized spacial score (nSPS) is 17.5. The van der Waals surface area contributed by atoms with E-state index in [9.17, 15) is 14.3 Å². The fraction of sp³-hybridized carbons (Fsp3) is 0.964. The predicted molar refractivity (Wildman–Crippen MR) is 148 cm³/mol. The Hall–Kier alpha value is -0.500. The summed E-state index contributed by atoms with van der Waals surface area (Å²) in [6, 6.07) is 0. The predicted octanol–water partition coefficient (Wildman–Crippen LogP) is 6.79. The number of carbonyl (C=O) groups excluding carboxylic acids is 1. The molecule has 0 amide bonds. The summed E-state index contributed by atoms with van der Waals surface area (Å²) in [6.07, 6.45) is 19.8. The molecule has 0 spiro atoms. The molecule has 0 bridgehead atoms. The highest BCUT2D eigenvalue weighted by atomic mass is 31.2. The van der Waals surface area contributed by atoms with Crippen LogP contribution in [0.1, 0.15) is 117 Å². The van der Waals surface area contributed by atoms with Gasteiger partial charge in [0.05, 0.1) is 33.4 Å². The third kappa shape index (κ3) is 20.1. The van der Waals surface area contributed by atoms with Gasteiger partial charge in [-0.2, -0.15) is 0 Å². The van der Waals surface area contributed by atoms with Crippen molar-refractivity contribution in [2.45, 2.75) is 123 Å². The fourth-order valence-corrected chi connectivity index (χ4v) is 5.62. The lowest BCUT2D eigenvalue weighted by Gasteiger charge is -2.29. The first kappa shape index (κ1) is 34.5. The highest BCUT2D eigenvalue weighted by Gasteiger charge is 2.29. The molecule has 0 aliphatic carbocycles. The Morgan fingerprint density at radius 3 is 1.84 bits per heavy atom. The van der Waals surface area contributed by atoms with Gasteiger partial charge in [0.2, 0.25) is 0 Å². The monoisotopic (exact) mass is 550 g/mol. The van der Waals surface area contributed by atoms with E-state index in [2.05, 4.69) is 14.0 Å². The quantitative estimate of drug-likeness (QED) is 0.0579. The van der Waals surface area contributed by atoms with Gasteiger partial charge in [0.25, 0.3) is 0 Å². The molecule has 0 aromatic rings. The van der Waals surface area contributed by atoms with Crippen LogP contribution in [0.15, 0.2) is 0 Å². The minimum Gasteiger partial charge on any atom is -0.458 e. The van der Waals surface area contributed by atoms with E-state index in [1.165, 1.54) is 96.8 Å². The molecule has 1 N–H and O–H groups in total. The SMILES string of the molecule is CCCCCCCCCCCCCCCCOCC(COP(=O)(O)OCC[N+]1(C)CCCC1)OC(C)=O. The smallest absolute Gasteiger partial charge is 0.458 e. The molecule has 1 aliphatic heterocycles. The number of ether oxygens (including phenoxy) is 2. The first-order valence-corrected chi connectivity index (χ1v) is 16.5. The third-order valence-electron chi connectivity index (χ3n) is 7.23. The van der Waals surface area contributed by atoms with Crippen LogP contribution in [0.5, 0.6) is 0 Å².